The van der Waals surface area contributed by atoms with Gasteiger partial charge in [0.05, 0.1) is 12.2 Å². The zero-order valence-corrected chi connectivity index (χ0v) is 17.0. The Bertz CT molecular complexity index is 312. The summed E-state index contributed by atoms with van der Waals surface area (Å²) >= 11 is 0. The average Bonchev–Trinajstić information content (AvgIpc) is 2.34. The van der Waals surface area contributed by atoms with Gasteiger partial charge in [-0.15, -0.1) is 0 Å². The number of hydrogen-bond acceptors (Lipinski definition) is 2. The van der Waals surface area contributed by atoms with Gasteiger partial charge in [-0.1, -0.05) is 60.6 Å². The van der Waals surface area contributed by atoms with Gasteiger partial charge in [0.2, 0.25) is 0 Å². The minimum Gasteiger partial charge on any atom is -0.410 e. The van der Waals surface area contributed by atoms with Crippen molar-refractivity contribution >= 4 is 8.32 Å². The molecule has 0 saturated heterocycles. The normalized spacial score (nSPS) is 18.2. The maximum atomic E-state index is 6.57. The summed E-state index contributed by atoms with van der Waals surface area (Å²) in [5.41, 5.74) is 0. The molecule has 0 aliphatic rings. The molecule has 0 radical (unpaired) electrons. The van der Waals surface area contributed by atoms with Gasteiger partial charge in [-0.05, 0) is 30.5 Å². The summed E-state index contributed by atoms with van der Waals surface area (Å²) in [5.74, 6) is 0.912. The highest BCUT2D eigenvalue weighted by molar-refractivity contribution is 6.74. The lowest BCUT2D eigenvalue weighted by atomic mass is 9.99. The van der Waals surface area contributed by atoms with Crippen LogP contribution in [0.4, 0.5) is 0 Å². The third-order valence-corrected chi connectivity index (χ3v) is 9.26. The van der Waals surface area contributed by atoms with E-state index in [1.807, 2.05) is 0 Å². The van der Waals surface area contributed by atoms with Crippen LogP contribution in [-0.2, 0) is 9.16 Å². The van der Waals surface area contributed by atoms with Crippen molar-refractivity contribution < 1.29 is 9.16 Å². The second-order valence-corrected chi connectivity index (χ2v) is 12.8. The predicted octanol–water partition coefficient (Wildman–Crippen LogP) is 5.65. The van der Waals surface area contributed by atoms with Crippen LogP contribution in [0.25, 0.3) is 0 Å². The lowest BCUT2D eigenvalue weighted by Gasteiger charge is -2.39. The van der Waals surface area contributed by atoms with Gasteiger partial charge >= 0.3 is 0 Å². The monoisotopic (exact) mass is 314 g/mol. The van der Waals surface area contributed by atoms with Gasteiger partial charge in [0.15, 0.2) is 8.32 Å². The van der Waals surface area contributed by atoms with Crippen molar-refractivity contribution in [3.63, 3.8) is 0 Å². The molecule has 2 unspecified atom stereocenters. The van der Waals surface area contributed by atoms with E-state index in [-0.39, 0.29) is 11.1 Å². The van der Waals surface area contributed by atoms with E-state index in [0.29, 0.717) is 17.9 Å². The van der Waals surface area contributed by atoms with E-state index in [4.69, 9.17) is 9.16 Å². The summed E-state index contributed by atoms with van der Waals surface area (Å²) in [6.07, 6.45) is 6.06. The van der Waals surface area contributed by atoms with Gasteiger partial charge in [0.25, 0.3) is 0 Å². The minimum atomic E-state index is -1.73. The van der Waals surface area contributed by atoms with Gasteiger partial charge in [-0.25, -0.2) is 0 Å². The van der Waals surface area contributed by atoms with Gasteiger partial charge in [-0.3, -0.25) is 0 Å². The summed E-state index contributed by atoms with van der Waals surface area (Å²) in [6, 6.07) is 0. The zero-order valence-electron chi connectivity index (χ0n) is 16.0. The Hall–Kier alpha value is -0.123. The molecule has 0 aliphatic heterocycles. The molecule has 0 aromatic rings. The van der Waals surface area contributed by atoms with Crippen molar-refractivity contribution in [1.29, 1.82) is 0 Å². The standard InChI is InChI=1S/C18H38O2Si/c1-11-16(19-8)15(4)12-13-17(14(2)3)20-21(9,10)18(5,6)7/h12-17H,11H2,1-10H3/b13-12+/t15?,16-,17?/m0/s1. The van der Waals surface area contributed by atoms with Crippen molar-refractivity contribution in [2.45, 2.75) is 85.2 Å². The van der Waals surface area contributed by atoms with Crippen LogP contribution in [0.5, 0.6) is 0 Å². The highest BCUT2D eigenvalue weighted by Gasteiger charge is 2.39. The Kier molecular flexibility index (Phi) is 8.44. The topological polar surface area (TPSA) is 18.5 Å². The van der Waals surface area contributed by atoms with Crippen molar-refractivity contribution in [1.82, 2.24) is 0 Å². The largest absolute Gasteiger partial charge is 0.410 e. The summed E-state index contributed by atoms with van der Waals surface area (Å²) in [4.78, 5) is 0. The number of methoxy groups -OCH3 is 1. The SMILES string of the molecule is CC[C@H](OC)C(C)/C=C/C(O[Si](C)(C)C(C)(C)C)C(C)C. The Balaban J connectivity index is 4.94. The molecule has 21 heavy (non-hydrogen) atoms. The van der Waals surface area contributed by atoms with Crippen molar-refractivity contribution in [2.75, 3.05) is 7.11 Å². The summed E-state index contributed by atoms with van der Waals surface area (Å²) in [7, 11) is 0.0671. The molecule has 0 aromatic carbocycles. The van der Waals surface area contributed by atoms with Crippen molar-refractivity contribution in [3.8, 4) is 0 Å². The van der Waals surface area contributed by atoms with E-state index in [9.17, 15) is 0 Å². The molecule has 0 aromatic heterocycles. The van der Waals surface area contributed by atoms with Gasteiger partial charge in [-0.2, -0.15) is 0 Å². The summed E-state index contributed by atoms with van der Waals surface area (Å²) < 4.78 is 12.1. The highest BCUT2D eigenvalue weighted by atomic mass is 28.4. The molecular formula is C18H38O2Si. The summed E-state index contributed by atoms with van der Waals surface area (Å²) in [5, 5.41) is 0.248. The maximum Gasteiger partial charge on any atom is 0.192 e. The number of rotatable bonds is 8. The molecule has 0 amide bonds. The highest BCUT2D eigenvalue weighted by Crippen LogP contribution is 2.38. The molecule has 0 saturated carbocycles. The van der Waals surface area contributed by atoms with E-state index in [1.165, 1.54) is 0 Å². The smallest absolute Gasteiger partial charge is 0.192 e. The van der Waals surface area contributed by atoms with E-state index < -0.39 is 8.32 Å². The molecule has 0 rings (SSSR count). The van der Waals surface area contributed by atoms with Crippen molar-refractivity contribution in [3.05, 3.63) is 12.2 Å². The predicted molar refractivity (Wildman–Crippen MR) is 96.3 cm³/mol. The first kappa shape index (κ1) is 20.9. The molecule has 0 N–H and O–H groups in total. The summed E-state index contributed by atoms with van der Waals surface area (Å²) in [6.45, 7) is 20.4. The molecule has 0 aliphatic carbocycles. The molecular weight excluding hydrogens is 276 g/mol. The van der Waals surface area contributed by atoms with E-state index in [1.54, 1.807) is 7.11 Å². The lowest BCUT2D eigenvalue weighted by Crippen LogP contribution is -2.44. The van der Waals surface area contributed by atoms with Crippen LogP contribution >= 0.6 is 0 Å². The van der Waals surface area contributed by atoms with E-state index >= 15 is 0 Å². The maximum absolute atomic E-state index is 6.57. The Morgan fingerprint density at radius 2 is 1.57 bits per heavy atom. The Morgan fingerprint density at radius 3 is 1.90 bits per heavy atom. The number of hydrogen-bond donors (Lipinski definition) is 0. The van der Waals surface area contributed by atoms with Crippen LogP contribution in [-0.4, -0.2) is 27.6 Å². The fourth-order valence-electron chi connectivity index (χ4n) is 2.08. The molecule has 0 heterocycles. The molecule has 0 bridgehead atoms. The first-order valence-electron chi connectivity index (χ1n) is 8.35. The van der Waals surface area contributed by atoms with Gasteiger partial charge in [0, 0.05) is 13.0 Å². The molecule has 0 spiro atoms. The molecule has 2 nitrogen and oxygen atoms in total. The Morgan fingerprint density at radius 1 is 1.05 bits per heavy atom. The quantitative estimate of drug-likeness (QED) is 0.426. The van der Waals surface area contributed by atoms with Crippen LogP contribution < -0.4 is 0 Å². The number of ether oxygens (including phenoxy) is 1. The fourth-order valence-corrected chi connectivity index (χ4v) is 3.46. The van der Waals surface area contributed by atoms with Crippen LogP contribution in [0, 0.1) is 11.8 Å². The first-order valence-corrected chi connectivity index (χ1v) is 11.3. The third-order valence-electron chi connectivity index (χ3n) is 4.79. The van der Waals surface area contributed by atoms with Gasteiger partial charge in [0.1, 0.15) is 0 Å². The van der Waals surface area contributed by atoms with Crippen LogP contribution in [0.3, 0.4) is 0 Å². The Labute approximate surface area is 134 Å². The molecule has 3 heteroatoms. The third kappa shape index (κ3) is 6.66. The second kappa shape index (κ2) is 8.49. The van der Waals surface area contributed by atoms with Crippen LogP contribution in [0.15, 0.2) is 12.2 Å². The average molecular weight is 315 g/mol. The lowest BCUT2D eigenvalue weighted by molar-refractivity contribution is 0.0707. The molecule has 0 fully saturated rings. The van der Waals surface area contributed by atoms with Gasteiger partial charge < -0.3 is 9.16 Å². The molecule has 126 valence electrons. The fraction of sp³-hybridized carbons (Fsp3) is 0.889. The van der Waals surface area contributed by atoms with Crippen LogP contribution in [0.1, 0.15) is 54.9 Å². The van der Waals surface area contributed by atoms with Crippen LogP contribution in [0.2, 0.25) is 18.1 Å². The minimum absolute atomic E-state index is 0.197. The van der Waals surface area contributed by atoms with E-state index in [2.05, 4.69) is 73.7 Å². The molecule has 3 atom stereocenters. The van der Waals surface area contributed by atoms with E-state index in [0.717, 1.165) is 6.42 Å². The zero-order chi connectivity index (χ0) is 16.8. The first-order chi connectivity index (χ1) is 9.46. The second-order valence-electron chi connectivity index (χ2n) is 8.01. The van der Waals surface area contributed by atoms with Crippen molar-refractivity contribution in [2.24, 2.45) is 11.8 Å².